The van der Waals surface area contributed by atoms with Gasteiger partial charge in [0.05, 0.1) is 10.9 Å². The number of aryl methyl sites for hydroxylation is 1. The number of hydrogen-bond acceptors (Lipinski definition) is 2. The number of H-pyrrole nitrogens is 1. The SMILES string of the molecule is CCCCc1nc(=O)c2cc(C(C)Br)ccc2[nH]1. The third kappa shape index (κ3) is 2.80. The van der Waals surface area contributed by atoms with E-state index >= 15 is 0 Å². The molecule has 1 heterocycles. The molecule has 0 aliphatic heterocycles. The predicted octanol–water partition coefficient (Wildman–Crippen LogP) is 3.72. The number of unbranched alkanes of at least 4 members (excludes halogenated alkanes) is 1. The van der Waals surface area contributed by atoms with E-state index in [1.165, 1.54) is 0 Å². The molecule has 4 heteroatoms. The number of fused-ring (bicyclic) bond motifs is 1. The largest absolute Gasteiger partial charge is 0.343 e. The Morgan fingerprint density at radius 1 is 1.44 bits per heavy atom. The number of alkyl halides is 1. The van der Waals surface area contributed by atoms with Crippen LogP contribution in [0, 0.1) is 0 Å². The van der Waals surface area contributed by atoms with Crippen LogP contribution in [0.5, 0.6) is 0 Å². The van der Waals surface area contributed by atoms with Gasteiger partial charge in [-0.05, 0) is 31.0 Å². The van der Waals surface area contributed by atoms with E-state index in [1.54, 1.807) is 0 Å². The minimum Gasteiger partial charge on any atom is -0.343 e. The van der Waals surface area contributed by atoms with Gasteiger partial charge < -0.3 is 4.98 Å². The van der Waals surface area contributed by atoms with E-state index in [0.29, 0.717) is 5.39 Å². The number of hydrogen-bond donors (Lipinski definition) is 1. The van der Waals surface area contributed by atoms with Crippen molar-refractivity contribution in [2.24, 2.45) is 0 Å². The predicted molar refractivity (Wildman–Crippen MR) is 78.3 cm³/mol. The second kappa shape index (κ2) is 5.65. The number of aromatic amines is 1. The third-order valence-corrected chi connectivity index (χ3v) is 3.54. The van der Waals surface area contributed by atoms with Crippen molar-refractivity contribution in [3.8, 4) is 0 Å². The molecule has 0 saturated heterocycles. The maximum absolute atomic E-state index is 12.0. The molecule has 3 nitrogen and oxygen atoms in total. The maximum Gasteiger partial charge on any atom is 0.280 e. The Labute approximate surface area is 115 Å². The lowest BCUT2D eigenvalue weighted by Gasteiger charge is -2.06. The number of benzene rings is 1. The molecule has 1 atom stereocenters. The van der Waals surface area contributed by atoms with Crippen LogP contribution < -0.4 is 5.56 Å². The summed E-state index contributed by atoms with van der Waals surface area (Å²) in [5.74, 6) is 0.786. The lowest BCUT2D eigenvalue weighted by Crippen LogP contribution is -2.12. The van der Waals surface area contributed by atoms with Crippen LogP contribution in [0.15, 0.2) is 23.0 Å². The van der Waals surface area contributed by atoms with Crippen LogP contribution in [0.4, 0.5) is 0 Å². The van der Waals surface area contributed by atoms with Gasteiger partial charge in [0.1, 0.15) is 5.82 Å². The molecule has 0 radical (unpaired) electrons. The van der Waals surface area contributed by atoms with Crippen molar-refractivity contribution in [3.63, 3.8) is 0 Å². The average Bonchev–Trinajstić information content (AvgIpc) is 2.36. The topological polar surface area (TPSA) is 45.8 Å². The van der Waals surface area contributed by atoms with E-state index in [0.717, 1.165) is 36.2 Å². The fourth-order valence-electron chi connectivity index (χ4n) is 1.92. The van der Waals surface area contributed by atoms with E-state index in [-0.39, 0.29) is 10.4 Å². The Hall–Kier alpha value is -1.16. The molecule has 0 bridgehead atoms. The Morgan fingerprint density at radius 3 is 2.89 bits per heavy atom. The lowest BCUT2D eigenvalue weighted by atomic mass is 10.1. The molecule has 0 spiro atoms. The van der Waals surface area contributed by atoms with Crippen molar-refractivity contribution in [1.82, 2.24) is 9.97 Å². The Kier molecular flexibility index (Phi) is 4.17. The van der Waals surface area contributed by atoms with Gasteiger partial charge in [-0.15, -0.1) is 0 Å². The summed E-state index contributed by atoms with van der Waals surface area (Å²) in [6.45, 7) is 4.17. The van der Waals surface area contributed by atoms with Crippen LogP contribution in [-0.4, -0.2) is 9.97 Å². The van der Waals surface area contributed by atoms with Gasteiger partial charge in [0.2, 0.25) is 0 Å². The molecule has 0 aliphatic carbocycles. The highest BCUT2D eigenvalue weighted by Gasteiger charge is 2.07. The van der Waals surface area contributed by atoms with Gasteiger partial charge >= 0.3 is 0 Å². The Morgan fingerprint density at radius 2 is 2.22 bits per heavy atom. The summed E-state index contributed by atoms with van der Waals surface area (Å²) in [6, 6.07) is 5.90. The molecule has 1 aromatic heterocycles. The molecule has 1 N–H and O–H groups in total. The van der Waals surface area contributed by atoms with E-state index < -0.39 is 0 Å². The first-order valence-corrected chi connectivity index (χ1v) is 7.20. The van der Waals surface area contributed by atoms with Crippen LogP contribution in [0.2, 0.25) is 0 Å². The van der Waals surface area contributed by atoms with E-state index in [4.69, 9.17) is 0 Å². The van der Waals surface area contributed by atoms with Gasteiger partial charge in [0.15, 0.2) is 0 Å². The highest BCUT2D eigenvalue weighted by atomic mass is 79.9. The molecular weight excluding hydrogens is 292 g/mol. The highest BCUT2D eigenvalue weighted by molar-refractivity contribution is 9.09. The minimum atomic E-state index is -0.134. The quantitative estimate of drug-likeness (QED) is 0.875. The van der Waals surface area contributed by atoms with Crippen molar-refractivity contribution < 1.29 is 0 Å². The molecule has 2 rings (SSSR count). The van der Waals surface area contributed by atoms with Crippen molar-refractivity contribution in [2.75, 3.05) is 0 Å². The van der Waals surface area contributed by atoms with Crippen LogP contribution in [0.1, 0.15) is 42.9 Å². The molecule has 1 unspecified atom stereocenters. The van der Waals surface area contributed by atoms with Crippen molar-refractivity contribution >= 4 is 26.8 Å². The third-order valence-electron chi connectivity index (χ3n) is 3.02. The van der Waals surface area contributed by atoms with Gasteiger partial charge in [-0.1, -0.05) is 35.3 Å². The van der Waals surface area contributed by atoms with Crippen LogP contribution in [-0.2, 0) is 6.42 Å². The van der Waals surface area contributed by atoms with Gasteiger partial charge in [0.25, 0.3) is 5.56 Å². The van der Waals surface area contributed by atoms with Gasteiger partial charge in [0, 0.05) is 11.2 Å². The summed E-state index contributed by atoms with van der Waals surface area (Å²) >= 11 is 3.51. The summed E-state index contributed by atoms with van der Waals surface area (Å²) in [4.78, 5) is 19.6. The van der Waals surface area contributed by atoms with Crippen molar-refractivity contribution in [3.05, 3.63) is 39.9 Å². The fourth-order valence-corrected chi connectivity index (χ4v) is 2.21. The second-order valence-electron chi connectivity index (χ2n) is 4.51. The Balaban J connectivity index is 2.48. The van der Waals surface area contributed by atoms with Gasteiger partial charge in [-0.2, -0.15) is 4.98 Å². The molecule has 18 heavy (non-hydrogen) atoms. The summed E-state index contributed by atoms with van der Waals surface area (Å²) in [7, 11) is 0. The molecule has 2 aromatic rings. The highest BCUT2D eigenvalue weighted by Crippen LogP contribution is 2.23. The number of nitrogens with zero attached hydrogens (tertiary/aromatic N) is 1. The number of nitrogens with one attached hydrogen (secondary N) is 1. The molecule has 0 saturated carbocycles. The first-order chi connectivity index (χ1) is 8.61. The number of halogens is 1. The molecule has 0 aliphatic rings. The first-order valence-electron chi connectivity index (χ1n) is 6.28. The maximum atomic E-state index is 12.0. The average molecular weight is 309 g/mol. The van der Waals surface area contributed by atoms with Crippen LogP contribution >= 0.6 is 15.9 Å². The van der Waals surface area contributed by atoms with E-state index in [1.807, 2.05) is 25.1 Å². The van der Waals surface area contributed by atoms with Crippen LogP contribution in [0.25, 0.3) is 10.9 Å². The summed E-state index contributed by atoms with van der Waals surface area (Å²) in [6.07, 6.45) is 2.98. The normalized spacial score (nSPS) is 12.8. The molecule has 0 fully saturated rings. The molecular formula is C14H17BrN2O. The minimum absolute atomic E-state index is 0.134. The zero-order valence-electron chi connectivity index (χ0n) is 10.7. The fraction of sp³-hybridized carbons (Fsp3) is 0.429. The zero-order valence-corrected chi connectivity index (χ0v) is 12.3. The standard InChI is InChI=1S/C14H17BrN2O/c1-3-4-5-13-16-12-7-6-10(9(2)15)8-11(12)14(18)17-13/h6-9H,3-5H2,1-2H3,(H,16,17,18). The van der Waals surface area contributed by atoms with Crippen molar-refractivity contribution in [1.29, 1.82) is 0 Å². The van der Waals surface area contributed by atoms with Gasteiger partial charge in [-0.3, -0.25) is 4.79 Å². The van der Waals surface area contributed by atoms with Crippen LogP contribution in [0.3, 0.4) is 0 Å². The van der Waals surface area contributed by atoms with E-state index in [2.05, 4.69) is 32.8 Å². The second-order valence-corrected chi connectivity index (χ2v) is 5.89. The summed E-state index contributed by atoms with van der Waals surface area (Å²) < 4.78 is 0. The van der Waals surface area contributed by atoms with Crippen molar-refractivity contribution in [2.45, 2.75) is 37.9 Å². The van der Waals surface area contributed by atoms with E-state index in [9.17, 15) is 4.79 Å². The number of aromatic nitrogens is 2. The summed E-state index contributed by atoms with van der Waals surface area (Å²) in [5, 5.41) is 0.666. The molecule has 96 valence electrons. The molecule has 0 amide bonds. The van der Waals surface area contributed by atoms with Gasteiger partial charge in [-0.25, -0.2) is 0 Å². The monoisotopic (exact) mass is 308 g/mol. The number of rotatable bonds is 4. The first kappa shape index (κ1) is 13.3. The summed E-state index contributed by atoms with van der Waals surface area (Å²) in [5.41, 5.74) is 1.83. The zero-order chi connectivity index (χ0) is 13.1. The lowest BCUT2D eigenvalue weighted by molar-refractivity contribution is 0.753. The smallest absolute Gasteiger partial charge is 0.280 e. The molecule has 1 aromatic carbocycles. The Bertz CT molecular complexity index is 604.